The summed E-state index contributed by atoms with van der Waals surface area (Å²) in [4.78, 5) is 22.7. The second-order valence-electron chi connectivity index (χ2n) is 4.21. The van der Waals surface area contributed by atoms with Gasteiger partial charge in [0.1, 0.15) is 0 Å². The van der Waals surface area contributed by atoms with Gasteiger partial charge in [-0.2, -0.15) is 0 Å². The number of anilines is 2. The molecular weight excluding hydrogens is 230 g/mol. The van der Waals surface area contributed by atoms with Crippen molar-refractivity contribution in [2.75, 3.05) is 24.2 Å². The summed E-state index contributed by atoms with van der Waals surface area (Å²) < 4.78 is 0. The molecule has 98 valence electrons. The van der Waals surface area contributed by atoms with Gasteiger partial charge in [0.25, 0.3) is 0 Å². The van der Waals surface area contributed by atoms with E-state index in [2.05, 4.69) is 16.0 Å². The van der Waals surface area contributed by atoms with Crippen molar-refractivity contribution >= 4 is 23.2 Å². The van der Waals surface area contributed by atoms with E-state index in [9.17, 15) is 9.59 Å². The van der Waals surface area contributed by atoms with Gasteiger partial charge in [0.2, 0.25) is 11.8 Å². The lowest BCUT2D eigenvalue weighted by Gasteiger charge is -2.12. The third-order valence-electron chi connectivity index (χ3n) is 2.41. The van der Waals surface area contributed by atoms with Gasteiger partial charge in [0.15, 0.2) is 0 Å². The molecule has 1 aromatic carbocycles. The van der Waals surface area contributed by atoms with Crippen LogP contribution in [0.1, 0.15) is 13.8 Å². The molecule has 5 heteroatoms. The zero-order valence-corrected chi connectivity index (χ0v) is 10.9. The summed E-state index contributed by atoms with van der Waals surface area (Å²) in [6.45, 7) is 3.92. The van der Waals surface area contributed by atoms with Crippen LogP contribution >= 0.6 is 0 Å². The minimum atomic E-state index is -0.137. The molecule has 0 saturated carbocycles. The van der Waals surface area contributed by atoms with Crippen molar-refractivity contribution in [2.24, 2.45) is 5.92 Å². The van der Waals surface area contributed by atoms with E-state index in [0.29, 0.717) is 17.9 Å². The second kappa shape index (κ2) is 6.76. The van der Waals surface area contributed by atoms with Crippen LogP contribution in [0.5, 0.6) is 0 Å². The van der Waals surface area contributed by atoms with Gasteiger partial charge in [-0.3, -0.25) is 9.59 Å². The Morgan fingerprint density at radius 3 is 2.39 bits per heavy atom. The lowest BCUT2D eigenvalue weighted by molar-refractivity contribution is -0.119. The predicted octanol–water partition coefficient (Wildman–Crippen LogP) is 1.44. The maximum Gasteiger partial charge on any atom is 0.228 e. The minimum Gasteiger partial charge on any atom is -0.326 e. The monoisotopic (exact) mass is 249 g/mol. The summed E-state index contributed by atoms with van der Waals surface area (Å²) in [6.07, 6.45) is 0. The summed E-state index contributed by atoms with van der Waals surface area (Å²) >= 11 is 0. The molecule has 1 aromatic rings. The summed E-state index contributed by atoms with van der Waals surface area (Å²) in [5, 5.41) is 8.43. The topological polar surface area (TPSA) is 70.2 Å². The molecule has 0 aromatic heterocycles. The third kappa shape index (κ3) is 4.55. The molecule has 0 heterocycles. The van der Waals surface area contributed by atoms with Crippen LogP contribution in [0.4, 0.5) is 11.4 Å². The molecule has 18 heavy (non-hydrogen) atoms. The molecule has 2 amide bonds. The van der Waals surface area contributed by atoms with Crippen LogP contribution in [0.2, 0.25) is 0 Å². The van der Waals surface area contributed by atoms with E-state index in [4.69, 9.17) is 0 Å². The Morgan fingerprint density at radius 1 is 1.22 bits per heavy atom. The van der Waals surface area contributed by atoms with Crippen molar-refractivity contribution < 1.29 is 9.59 Å². The zero-order chi connectivity index (χ0) is 13.5. The highest BCUT2D eigenvalue weighted by Crippen LogP contribution is 2.15. The Kier molecular flexibility index (Phi) is 5.32. The van der Waals surface area contributed by atoms with Crippen molar-refractivity contribution in [3.63, 3.8) is 0 Å². The Hall–Kier alpha value is -1.88. The van der Waals surface area contributed by atoms with Crippen LogP contribution in [-0.4, -0.2) is 25.4 Å². The van der Waals surface area contributed by atoms with Crippen LogP contribution in [0.3, 0.4) is 0 Å². The van der Waals surface area contributed by atoms with Gasteiger partial charge in [0, 0.05) is 30.8 Å². The first-order valence-electron chi connectivity index (χ1n) is 5.86. The first-order chi connectivity index (χ1) is 8.52. The molecule has 0 bridgehead atoms. The van der Waals surface area contributed by atoms with Gasteiger partial charge in [-0.15, -0.1) is 0 Å². The number of hydrogen-bond donors (Lipinski definition) is 3. The van der Waals surface area contributed by atoms with E-state index < -0.39 is 0 Å². The lowest BCUT2D eigenvalue weighted by atomic mass is 10.1. The molecule has 1 rings (SSSR count). The van der Waals surface area contributed by atoms with Crippen LogP contribution < -0.4 is 16.0 Å². The molecule has 1 atom stereocenters. The Bertz CT molecular complexity index is 432. The van der Waals surface area contributed by atoms with Gasteiger partial charge < -0.3 is 16.0 Å². The van der Waals surface area contributed by atoms with Crippen LogP contribution in [-0.2, 0) is 9.59 Å². The summed E-state index contributed by atoms with van der Waals surface area (Å²) in [6, 6.07) is 7.07. The van der Waals surface area contributed by atoms with E-state index in [1.165, 1.54) is 6.92 Å². The molecular formula is C13H19N3O2. The minimum absolute atomic E-state index is 0.0516. The summed E-state index contributed by atoms with van der Waals surface area (Å²) in [5.74, 6) is -0.300. The van der Waals surface area contributed by atoms with E-state index in [-0.39, 0.29) is 17.7 Å². The predicted molar refractivity (Wildman–Crippen MR) is 72.5 cm³/mol. The maximum atomic E-state index is 11.8. The van der Waals surface area contributed by atoms with E-state index in [0.717, 1.165) is 0 Å². The van der Waals surface area contributed by atoms with Gasteiger partial charge in [-0.25, -0.2) is 0 Å². The van der Waals surface area contributed by atoms with Gasteiger partial charge in [0.05, 0.1) is 0 Å². The molecule has 0 aliphatic rings. The fourth-order valence-electron chi connectivity index (χ4n) is 1.54. The van der Waals surface area contributed by atoms with Gasteiger partial charge in [-0.05, 0) is 25.2 Å². The molecule has 5 nitrogen and oxygen atoms in total. The molecule has 0 radical (unpaired) electrons. The van der Waals surface area contributed by atoms with E-state index in [1.54, 1.807) is 31.3 Å². The van der Waals surface area contributed by atoms with Crippen molar-refractivity contribution in [1.82, 2.24) is 5.32 Å². The Morgan fingerprint density at radius 2 is 1.83 bits per heavy atom. The van der Waals surface area contributed by atoms with Gasteiger partial charge >= 0.3 is 0 Å². The molecule has 0 aliphatic carbocycles. The van der Waals surface area contributed by atoms with Crippen molar-refractivity contribution in [1.29, 1.82) is 0 Å². The standard InChI is InChI=1S/C13H19N3O2/c1-9(8-14-3)13(18)16-12-6-4-5-11(7-12)15-10(2)17/h4-7,9,14H,8H2,1-3H3,(H,15,17)(H,16,18). The number of carbonyl (C=O) groups is 2. The molecule has 1 unspecified atom stereocenters. The summed E-state index contributed by atoms with van der Waals surface area (Å²) in [5.41, 5.74) is 1.34. The second-order valence-corrected chi connectivity index (χ2v) is 4.21. The maximum absolute atomic E-state index is 11.8. The molecule has 0 fully saturated rings. The fraction of sp³-hybridized carbons (Fsp3) is 0.385. The largest absolute Gasteiger partial charge is 0.326 e. The normalized spacial score (nSPS) is 11.7. The SMILES string of the molecule is CNCC(C)C(=O)Nc1cccc(NC(C)=O)c1. The van der Waals surface area contributed by atoms with Crippen molar-refractivity contribution in [3.05, 3.63) is 24.3 Å². The molecule has 0 spiro atoms. The van der Waals surface area contributed by atoms with Crippen LogP contribution in [0, 0.1) is 5.92 Å². The number of hydrogen-bond acceptors (Lipinski definition) is 3. The third-order valence-corrected chi connectivity index (χ3v) is 2.41. The first kappa shape index (κ1) is 14.2. The quantitative estimate of drug-likeness (QED) is 0.739. The number of nitrogens with one attached hydrogen (secondary N) is 3. The van der Waals surface area contributed by atoms with E-state index >= 15 is 0 Å². The van der Waals surface area contributed by atoms with Crippen LogP contribution in [0.15, 0.2) is 24.3 Å². The zero-order valence-electron chi connectivity index (χ0n) is 10.9. The fourth-order valence-corrected chi connectivity index (χ4v) is 1.54. The smallest absolute Gasteiger partial charge is 0.228 e. The highest BCUT2D eigenvalue weighted by molar-refractivity contribution is 5.94. The number of amides is 2. The average molecular weight is 249 g/mol. The Balaban J connectivity index is 2.67. The first-order valence-corrected chi connectivity index (χ1v) is 5.86. The highest BCUT2D eigenvalue weighted by atomic mass is 16.2. The number of carbonyl (C=O) groups excluding carboxylic acids is 2. The van der Waals surface area contributed by atoms with Crippen LogP contribution in [0.25, 0.3) is 0 Å². The molecule has 0 saturated heterocycles. The number of benzene rings is 1. The van der Waals surface area contributed by atoms with Gasteiger partial charge in [-0.1, -0.05) is 13.0 Å². The average Bonchev–Trinajstić information content (AvgIpc) is 2.28. The van der Waals surface area contributed by atoms with E-state index in [1.807, 2.05) is 6.92 Å². The lowest BCUT2D eigenvalue weighted by Crippen LogP contribution is -2.28. The Labute approximate surface area is 107 Å². The molecule has 0 aliphatic heterocycles. The van der Waals surface area contributed by atoms with Crippen molar-refractivity contribution in [2.45, 2.75) is 13.8 Å². The summed E-state index contributed by atoms with van der Waals surface area (Å²) in [7, 11) is 1.81. The number of rotatable bonds is 5. The molecule has 3 N–H and O–H groups in total. The van der Waals surface area contributed by atoms with Crippen molar-refractivity contribution in [3.8, 4) is 0 Å². The highest BCUT2D eigenvalue weighted by Gasteiger charge is 2.11.